The Morgan fingerprint density at radius 2 is 2.12 bits per heavy atom. The van der Waals surface area contributed by atoms with E-state index in [1.54, 1.807) is 30.5 Å². The number of aryl methyl sites for hydroxylation is 1. The SMILES string of the molecule is O=S1(=O)C=C[C@H](NCc2ccc(-c3ccn(CCCC(F)(F)F)n3)o2)C1. The van der Waals surface area contributed by atoms with E-state index in [1.807, 2.05) is 0 Å². The zero-order valence-corrected chi connectivity index (χ0v) is 14.6. The molecule has 0 spiro atoms. The van der Waals surface area contributed by atoms with Crippen molar-refractivity contribution in [3.63, 3.8) is 0 Å². The van der Waals surface area contributed by atoms with Gasteiger partial charge in [-0.2, -0.15) is 18.3 Å². The maximum absolute atomic E-state index is 12.2. The highest BCUT2D eigenvalue weighted by atomic mass is 32.2. The minimum Gasteiger partial charge on any atom is -0.458 e. The third-order valence-electron chi connectivity index (χ3n) is 3.87. The molecule has 0 saturated heterocycles. The highest BCUT2D eigenvalue weighted by Crippen LogP contribution is 2.23. The van der Waals surface area contributed by atoms with Gasteiger partial charge in [0, 0.05) is 30.6 Å². The summed E-state index contributed by atoms with van der Waals surface area (Å²) in [7, 11) is -3.11. The summed E-state index contributed by atoms with van der Waals surface area (Å²) in [6, 6.07) is 4.90. The van der Waals surface area contributed by atoms with Gasteiger partial charge in [-0.25, -0.2) is 8.42 Å². The molecule has 1 aliphatic rings. The summed E-state index contributed by atoms with van der Waals surface area (Å²) in [5, 5.41) is 8.49. The van der Waals surface area contributed by atoms with Gasteiger partial charge in [-0.15, -0.1) is 0 Å². The van der Waals surface area contributed by atoms with Crippen LogP contribution in [-0.2, 0) is 22.9 Å². The van der Waals surface area contributed by atoms with Crippen LogP contribution in [0.25, 0.3) is 11.5 Å². The van der Waals surface area contributed by atoms with Crippen molar-refractivity contribution in [2.75, 3.05) is 5.75 Å². The van der Waals surface area contributed by atoms with E-state index in [0.29, 0.717) is 23.8 Å². The predicted molar refractivity (Wildman–Crippen MR) is 88.8 cm³/mol. The number of rotatable bonds is 7. The highest BCUT2D eigenvalue weighted by Gasteiger charge is 2.26. The van der Waals surface area contributed by atoms with Crippen molar-refractivity contribution < 1.29 is 26.0 Å². The number of alkyl halides is 3. The molecule has 0 aromatic carbocycles. The lowest BCUT2D eigenvalue weighted by atomic mass is 10.3. The second-order valence-electron chi connectivity index (χ2n) is 6.09. The van der Waals surface area contributed by atoms with Gasteiger partial charge in [-0.05, 0) is 24.6 Å². The molecule has 2 aromatic rings. The molecule has 0 amide bonds. The van der Waals surface area contributed by atoms with Crippen molar-refractivity contribution >= 4 is 9.84 Å². The van der Waals surface area contributed by atoms with E-state index in [0.717, 1.165) is 0 Å². The minimum atomic E-state index is -4.16. The number of nitrogens with one attached hydrogen (secondary N) is 1. The highest BCUT2D eigenvalue weighted by molar-refractivity contribution is 7.94. The van der Waals surface area contributed by atoms with Gasteiger partial charge in [0.05, 0.1) is 12.3 Å². The molecule has 0 saturated carbocycles. The molecule has 0 fully saturated rings. The Morgan fingerprint density at radius 3 is 2.81 bits per heavy atom. The minimum absolute atomic E-state index is 0.0307. The Kier molecular flexibility index (Phi) is 5.24. The maximum Gasteiger partial charge on any atom is 0.389 e. The average Bonchev–Trinajstić information content (AvgIpc) is 3.23. The van der Waals surface area contributed by atoms with Crippen LogP contribution < -0.4 is 5.32 Å². The summed E-state index contributed by atoms with van der Waals surface area (Å²) in [5.41, 5.74) is 0.534. The molecule has 10 heteroatoms. The van der Waals surface area contributed by atoms with Gasteiger partial charge in [0.1, 0.15) is 11.5 Å². The van der Waals surface area contributed by atoms with Gasteiger partial charge in [0.2, 0.25) is 0 Å². The number of furan rings is 1. The maximum atomic E-state index is 12.2. The molecule has 26 heavy (non-hydrogen) atoms. The van der Waals surface area contributed by atoms with E-state index >= 15 is 0 Å². The van der Waals surface area contributed by atoms with Gasteiger partial charge in [-0.3, -0.25) is 4.68 Å². The third-order valence-corrected chi connectivity index (χ3v) is 5.27. The van der Waals surface area contributed by atoms with Crippen LogP contribution in [0.2, 0.25) is 0 Å². The van der Waals surface area contributed by atoms with E-state index in [9.17, 15) is 21.6 Å². The van der Waals surface area contributed by atoms with Crippen molar-refractivity contribution in [2.24, 2.45) is 0 Å². The zero-order chi connectivity index (χ0) is 18.8. The van der Waals surface area contributed by atoms with Crippen molar-refractivity contribution in [3.05, 3.63) is 41.6 Å². The second kappa shape index (κ2) is 7.28. The van der Waals surface area contributed by atoms with Gasteiger partial charge in [-0.1, -0.05) is 6.08 Å². The third kappa shape index (κ3) is 5.21. The molecule has 142 valence electrons. The van der Waals surface area contributed by atoms with Crippen LogP contribution in [0.3, 0.4) is 0 Å². The normalized spacial score (nSPS) is 19.3. The van der Waals surface area contributed by atoms with E-state index in [1.165, 1.54) is 10.1 Å². The average molecular weight is 389 g/mol. The molecule has 3 rings (SSSR count). The largest absolute Gasteiger partial charge is 0.458 e. The summed E-state index contributed by atoms with van der Waals surface area (Å²) in [4.78, 5) is 0. The van der Waals surface area contributed by atoms with Gasteiger partial charge >= 0.3 is 6.18 Å². The van der Waals surface area contributed by atoms with Crippen molar-refractivity contribution in [1.82, 2.24) is 15.1 Å². The number of hydrogen-bond donors (Lipinski definition) is 1. The van der Waals surface area contributed by atoms with Crippen LogP contribution in [-0.4, -0.2) is 36.2 Å². The standard InChI is InChI=1S/C16H18F3N3O3S/c17-16(18,19)6-1-7-22-8-4-14(21-22)15-3-2-13(25-15)10-20-12-5-9-26(23,24)11-12/h2-5,8-9,12,20H,1,6-7,10-11H2/t12-/m0/s1. The van der Waals surface area contributed by atoms with Crippen LogP contribution in [0.5, 0.6) is 0 Å². The lowest BCUT2D eigenvalue weighted by molar-refractivity contribution is -0.136. The molecule has 6 nitrogen and oxygen atoms in total. The summed E-state index contributed by atoms with van der Waals surface area (Å²) in [5.74, 6) is 1.15. The molecular weight excluding hydrogens is 371 g/mol. The molecule has 1 N–H and O–H groups in total. The summed E-state index contributed by atoms with van der Waals surface area (Å²) in [6.07, 6.45) is -1.82. The second-order valence-corrected chi connectivity index (χ2v) is 8.03. The molecule has 0 radical (unpaired) electrons. The predicted octanol–water partition coefficient (Wildman–Crippen LogP) is 2.89. The van der Waals surface area contributed by atoms with Gasteiger partial charge in [0.25, 0.3) is 0 Å². The number of halogens is 3. The first kappa shape index (κ1) is 18.7. The topological polar surface area (TPSA) is 77.1 Å². The number of sulfone groups is 1. The Bertz CT molecular complexity index is 884. The first-order valence-electron chi connectivity index (χ1n) is 8.04. The number of aromatic nitrogens is 2. The van der Waals surface area contributed by atoms with Gasteiger partial charge < -0.3 is 9.73 Å². The number of hydrogen-bond acceptors (Lipinski definition) is 5. The molecular formula is C16H18F3N3O3S. The Hall–Kier alpha value is -2.07. The molecule has 1 atom stereocenters. The molecule has 0 aliphatic carbocycles. The molecule has 0 unspecified atom stereocenters. The van der Waals surface area contributed by atoms with Crippen LogP contribution >= 0.6 is 0 Å². The first-order chi connectivity index (χ1) is 12.2. The molecule has 2 aromatic heterocycles. The van der Waals surface area contributed by atoms with Crippen LogP contribution in [0.4, 0.5) is 13.2 Å². The van der Waals surface area contributed by atoms with Crippen molar-refractivity contribution in [2.45, 2.75) is 38.1 Å². The molecule has 0 bridgehead atoms. The summed E-state index contributed by atoms with van der Waals surface area (Å²) >= 11 is 0. The fourth-order valence-corrected chi connectivity index (χ4v) is 3.87. The van der Waals surface area contributed by atoms with Crippen molar-refractivity contribution in [1.29, 1.82) is 0 Å². The van der Waals surface area contributed by atoms with Crippen LogP contribution in [0.15, 0.2) is 40.3 Å². The molecule has 1 aliphatic heterocycles. The Labute approximate surface area is 148 Å². The Morgan fingerprint density at radius 1 is 1.31 bits per heavy atom. The van der Waals surface area contributed by atoms with E-state index in [-0.39, 0.29) is 24.8 Å². The monoisotopic (exact) mass is 389 g/mol. The summed E-state index contributed by atoms with van der Waals surface area (Å²) < 4.78 is 66.3. The van der Waals surface area contributed by atoms with E-state index in [2.05, 4.69) is 10.4 Å². The lowest BCUT2D eigenvalue weighted by Crippen LogP contribution is -2.29. The zero-order valence-electron chi connectivity index (χ0n) is 13.7. The molecule has 3 heterocycles. The quantitative estimate of drug-likeness (QED) is 0.788. The van der Waals surface area contributed by atoms with E-state index < -0.39 is 22.4 Å². The fraction of sp³-hybridized carbons (Fsp3) is 0.438. The Balaban J connectivity index is 1.52. The smallest absolute Gasteiger partial charge is 0.389 e. The lowest BCUT2D eigenvalue weighted by Gasteiger charge is -2.07. The first-order valence-corrected chi connectivity index (χ1v) is 9.75. The van der Waals surface area contributed by atoms with Crippen LogP contribution in [0.1, 0.15) is 18.6 Å². The number of nitrogens with zero attached hydrogens (tertiary/aromatic N) is 2. The summed E-state index contributed by atoms with van der Waals surface area (Å²) in [6.45, 7) is 0.536. The van der Waals surface area contributed by atoms with E-state index in [4.69, 9.17) is 4.42 Å². The van der Waals surface area contributed by atoms with Crippen molar-refractivity contribution in [3.8, 4) is 11.5 Å². The van der Waals surface area contributed by atoms with Gasteiger partial charge in [0.15, 0.2) is 15.6 Å². The fourth-order valence-electron chi connectivity index (χ4n) is 2.60. The van der Waals surface area contributed by atoms with Crippen LogP contribution in [0, 0.1) is 0 Å².